The molecule has 298 valence electrons. The van der Waals surface area contributed by atoms with Crippen molar-refractivity contribution in [2.45, 2.75) is 277 Å². The Labute approximate surface area is 314 Å². The van der Waals surface area contributed by atoms with E-state index in [0.29, 0.717) is 6.42 Å². The largest absolute Gasteiger partial charge is 0.370 e. The second kappa shape index (κ2) is 39.2. The normalized spacial score (nSPS) is 11.8. The third kappa shape index (κ3) is 34.0. The Bertz CT molecular complexity index is 672. The summed E-state index contributed by atoms with van der Waals surface area (Å²) in [7, 11) is 0. The zero-order chi connectivity index (χ0) is 36.6. The second-order valence-electron chi connectivity index (χ2n) is 16.5. The number of carbonyl (C=O) groups excluding carboxylic acids is 2. The second-order valence-corrected chi connectivity index (χ2v) is 16.5. The molecule has 0 aliphatic carbocycles. The highest BCUT2D eigenvalue weighted by molar-refractivity contribution is 5.80. The van der Waals surface area contributed by atoms with Gasteiger partial charge in [0.25, 0.3) is 0 Å². The van der Waals surface area contributed by atoms with Crippen molar-refractivity contribution < 1.29 is 9.59 Å². The van der Waals surface area contributed by atoms with E-state index in [4.69, 9.17) is 11.5 Å². The van der Waals surface area contributed by atoms with Crippen LogP contribution >= 0.6 is 0 Å². The van der Waals surface area contributed by atoms with Crippen LogP contribution in [-0.4, -0.2) is 11.8 Å². The summed E-state index contributed by atoms with van der Waals surface area (Å²) in [6, 6.07) is 0. The molecule has 0 aliphatic heterocycles. The molecule has 0 aromatic carbocycles. The molecule has 0 atom stereocenters. The van der Waals surface area contributed by atoms with E-state index in [-0.39, 0.29) is 17.2 Å². The van der Waals surface area contributed by atoms with Crippen LogP contribution < -0.4 is 11.5 Å². The van der Waals surface area contributed by atoms with Gasteiger partial charge >= 0.3 is 0 Å². The molecule has 0 spiro atoms. The molecule has 0 aromatic heterocycles. The number of carbonyl (C=O) groups is 2. The van der Waals surface area contributed by atoms with Crippen LogP contribution in [0.25, 0.3) is 0 Å². The van der Waals surface area contributed by atoms with Crippen molar-refractivity contribution in [3.8, 4) is 0 Å². The molecule has 0 fully saturated rings. The highest BCUT2D eigenvalue weighted by Gasteiger charge is 2.34. The molecule has 0 radical (unpaired) electrons. The van der Waals surface area contributed by atoms with Gasteiger partial charge in [-0.05, 0) is 25.7 Å². The van der Waals surface area contributed by atoms with Crippen molar-refractivity contribution in [2.75, 3.05) is 0 Å². The summed E-state index contributed by atoms with van der Waals surface area (Å²) in [5.74, 6) is -0.247. The maximum absolute atomic E-state index is 13.0. The summed E-state index contributed by atoms with van der Waals surface area (Å²) in [5.41, 5.74) is 11.2. The number of primary amides is 2. The van der Waals surface area contributed by atoms with Gasteiger partial charge in [0.2, 0.25) is 11.8 Å². The van der Waals surface area contributed by atoms with Gasteiger partial charge in [-0.3, -0.25) is 9.59 Å². The molecule has 0 aliphatic rings. The van der Waals surface area contributed by atoms with Gasteiger partial charge in [0.05, 0.1) is 0 Å². The van der Waals surface area contributed by atoms with Gasteiger partial charge in [0, 0.05) is 11.8 Å². The summed E-state index contributed by atoms with van der Waals surface area (Å²) < 4.78 is 0. The van der Waals surface area contributed by atoms with E-state index < -0.39 is 0 Å². The standard InChI is InChI=1S/C46H92N2O2/c1-3-5-7-9-11-13-15-17-19-21-23-25-27-29-33-37-41-46(45(48)50,43-39-35-31-32-36-40-44(47)49)42-38-34-30-28-26-24-22-20-18-16-14-12-10-8-6-4-2/h3-43H2,1-2H3,(H2,47,49)(H2,48,50). The van der Waals surface area contributed by atoms with Crippen LogP contribution in [0.5, 0.6) is 0 Å². The summed E-state index contributed by atoms with van der Waals surface area (Å²) in [6.45, 7) is 4.59. The first kappa shape index (κ1) is 48.9. The molecular weight excluding hydrogens is 613 g/mol. The molecule has 4 N–H and O–H groups in total. The van der Waals surface area contributed by atoms with Crippen molar-refractivity contribution in [2.24, 2.45) is 16.9 Å². The Morgan fingerprint density at radius 1 is 0.320 bits per heavy atom. The molecule has 0 bridgehead atoms. The predicted octanol–water partition coefficient (Wildman–Crippen LogP) is 15.0. The maximum atomic E-state index is 13.0. The Kier molecular flexibility index (Phi) is 38.3. The number of amides is 2. The average molecular weight is 705 g/mol. The van der Waals surface area contributed by atoms with Gasteiger partial charge in [-0.25, -0.2) is 0 Å². The molecule has 2 amide bonds. The van der Waals surface area contributed by atoms with E-state index in [1.807, 2.05) is 0 Å². The maximum Gasteiger partial charge on any atom is 0.223 e. The first-order valence-corrected chi connectivity index (χ1v) is 23.1. The van der Waals surface area contributed by atoms with Crippen LogP contribution in [-0.2, 0) is 9.59 Å². The Balaban J connectivity index is 4.23. The highest BCUT2D eigenvalue weighted by atomic mass is 16.1. The van der Waals surface area contributed by atoms with E-state index >= 15 is 0 Å². The smallest absolute Gasteiger partial charge is 0.223 e. The van der Waals surface area contributed by atoms with Gasteiger partial charge in [-0.1, -0.05) is 245 Å². The minimum absolute atomic E-state index is 0.0480. The molecule has 4 heteroatoms. The number of rotatable bonds is 43. The van der Waals surface area contributed by atoms with E-state index in [2.05, 4.69) is 13.8 Å². The fourth-order valence-electron chi connectivity index (χ4n) is 8.06. The molecule has 4 nitrogen and oxygen atoms in total. The molecule has 0 heterocycles. The van der Waals surface area contributed by atoms with Crippen LogP contribution in [0.2, 0.25) is 0 Å². The van der Waals surface area contributed by atoms with E-state index in [9.17, 15) is 9.59 Å². The molecule has 0 unspecified atom stereocenters. The zero-order valence-corrected chi connectivity index (χ0v) is 34.5. The monoisotopic (exact) mass is 705 g/mol. The van der Waals surface area contributed by atoms with Crippen molar-refractivity contribution in [1.29, 1.82) is 0 Å². The quantitative estimate of drug-likeness (QED) is 0.0619. The van der Waals surface area contributed by atoms with E-state index in [1.165, 1.54) is 193 Å². The molecule has 0 saturated carbocycles. The van der Waals surface area contributed by atoms with Crippen molar-refractivity contribution in [3.63, 3.8) is 0 Å². The lowest BCUT2D eigenvalue weighted by Gasteiger charge is -2.31. The van der Waals surface area contributed by atoms with Crippen molar-refractivity contribution in [1.82, 2.24) is 0 Å². The van der Waals surface area contributed by atoms with E-state index in [1.54, 1.807) is 0 Å². The molecular formula is C46H92N2O2. The summed E-state index contributed by atoms with van der Waals surface area (Å²) in [5, 5.41) is 0. The Hall–Kier alpha value is -1.06. The summed E-state index contributed by atoms with van der Waals surface area (Å²) in [4.78, 5) is 24.1. The van der Waals surface area contributed by atoms with Gasteiger partial charge in [0.1, 0.15) is 0 Å². The Morgan fingerprint density at radius 2 is 0.520 bits per heavy atom. The number of nitrogens with two attached hydrogens (primary N) is 2. The Morgan fingerprint density at radius 3 is 0.720 bits per heavy atom. The third-order valence-corrected chi connectivity index (χ3v) is 11.6. The fourth-order valence-corrected chi connectivity index (χ4v) is 8.06. The number of hydrogen-bond acceptors (Lipinski definition) is 2. The lowest BCUT2D eigenvalue weighted by molar-refractivity contribution is -0.129. The predicted molar refractivity (Wildman–Crippen MR) is 221 cm³/mol. The van der Waals surface area contributed by atoms with Crippen LogP contribution in [0.4, 0.5) is 0 Å². The molecule has 50 heavy (non-hydrogen) atoms. The van der Waals surface area contributed by atoms with Crippen molar-refractivity contribution in [3.05, 3.63) is 0 Å². The summed E-state index contributed by atoms with van der Waals surface area (Å²) in [6.07, 6.45) is 52.5. The minimum Gasteiger partial charge on any atom is -0.370 e. The average Bonchev–Trinajstić information content (AvgIpc) is 3.10. The van der Waals surface area contributed by atoms with Gasteiger partial charge in [-0.15, -0.1) is 0 Å². The fraction of sp³-hybridized carbons (Fsp3) is 0.957. The minimum atomic E-state index is -0.320. The van der Waals surface area contributed by atoms with E-state index in [0.717, 1.165) is 64.2 Å². The molecule has 0 saturated heterocycles. The third-order valence-electron chi connectivity index (χ3n) is 11.6. The SMILES string of the molecule is CCCCCCCCCCCCCCCCCCC(CCCCCCCCCCCCCCCCCC)(CCCCCCCC(N)=O)C(N)=O. The molecule has 0 aromatic rings. The first-order valence-electron chi connectivity index (χ1n) is 23.1. The van der Waals surface area contributed by atoms with Gasteiger partial charge in [-0.2, -0.15) is 0 Å². The highest BCUT2D eigenvalue weighted by Crippen LogP contribution is 2.37. The zero-order valence-electron chi connectivity index (χ0n) is 34.5. The lowest BCUT2D eigenvalue weighted by atomic mass is 9.73. The van der Waals surface area contributed by atoms with Gasteiger partial charge in [0.15, 0.2) is 0 Å². The number of hydrogen-bond donors (Lipinski definition) is 2. The topological polar surface area (TPSA) is 86.2 Å². The van der Waals surface area contributed by atoms with Gasteiger partial charge < -0.3 is 11.5 Å². The van der Waals surface area contributed by atoms with Crippen molar-refractivity contribution >= 4 is 11.8 Å². The lowest BCUT2D eigenvalue weighted by Crippen LogP contribution is -2.37. The van der Waals surface area contributed by atoms with Crippen LogP contribution in [0.3, 0.4) is 0 Å². The summed E-state index contributed by atoms with van der Waals surface area (Å²) >= 11 is 0. The van der Waals surface area contributed by atoms with Crippen LogP contribution in [0.15, 0.2) is 0 Å². The molecule has 0 rings (SSSR count). The van der Waals surface area contributed by atoms with Crippen LogP contribution in [0.1, 0.15) is 277 Å². The first-order chi connectivity index (χ1) is 24.5. The number of unbranched alkanes of at least 4 members (excludes halogenated alkanes) is 34. The van der Waals surface area contributed by atoms with Crippen LogP contribution in [0, 0.1) is 5.41 Å².